The summed E-state index contributed by atoms with van der Waals surface area (Å²) in [5.41, 5.74) is 1.15. The number of carbonyl (C=O) groups is 1. The quantitative estimate of drug-likeness (QED) is 0.859. The van der Waals surface area contributed by atoms with Crippen LogP contribution in [0.2, 0.25) is 0 Å². The second-order valence-corrected chi connectivity index (χ2v) is 5.38. The zero-order valence-corrected chi connectivity index (χ0v) is 12.3. The maximum Gasteiger partial charge on any atom is 0.229 e. The molecule has 0 saturated carbocycles. The van der Waals surface area contributed by atoms with Crippen LogP contribution in [-0.2, 0) is 16.1 Å². The molecule has 2 rings (SSSR count). The average molecular weight is 276 g/mol. The van der Waals surface area contributed by atoms with Crippen molar-refractivity contribution in [3.05, 3.63) is 35.9 Å². The number of rotatable bonds is 6. The van der Waals surface area contributed by atoms with Gasteiger partial charge in [-0.1, -0.05) is 37.3 Å². The van der Waals surface area contributed by atoms with Gasteiger partial charge in [-0.2, -0.15) is 0 Å². The lowest BCUT2D eigenvalue weighted by Gasteiger charge is -2.24. The lowest BCUT2D eigenvalue weighted by Crippen LogP contribution is -2.44. The molecule has 1 aliphatic heterocycles. The average Bonchev–Trinajstić information content (AvgIpc) is 2.93. The minimum Gasteiger partial charge on any atom is -0.379 e. The van der Waals surface area contributed by atoms with E-state index in [1.165, 1.54) is 0 Å². The van der Waals surface area contributed by atoms with E-state index in [0.717, 1.165) is 18.5 Å². The van der Waals surface area contributed by atoms with Crippen LogP contribution in [0.15, 0.2) is 30.3 Å². The molecule has 0 aromatic heterocycles. The Morgan fingerprint density at radius 3 is 2.80 bits per heavy atom. The smallest absolute Gasteiger partial charge is 0.229 e. The SMILES string of the molecule is CCCNC1COCC1C(=O)N(C)Cc1ccccc1. The fourth-order valence-electron chi connectivity index (χ4n) is 2.55. The lowest BCUT2D eigenvalue weighted by atomic mass is 10.0. The highest BCUT2D eigenvalue weighted by Gasteiger charge is 2.35. The molecule has 0 aliphatic carbocycles. The third-order valence-corrected chi connectivity index (χ3v) is 3.69. The molecule has 0 bridgehead atoms. The summed E-state index contributed by atoms with van der Waals surface area (Å²) >= 11 is 0. The van der Waals surface area contributed by atoms with E-state index in [0.29, 0.717) is 19.8 Å². The molecule has 0 spiro atoms. The van der Waals surface area contributed by atoms with Gasteiger partial charge in [0, 0.05) is 19.6 Å². The number of nitrogens with zero attached hydrogens (tertiary/aromatic N) is 1. The summed E-state index contributed by atoms with van der Waals surface area (Å²) in [4.78, 5) is 14.3. The highest BCUT2D eigenvalue weighted by molar-refractivity contribution is 5.79. The Morgan fingerprint density at radius 2 is 2.10 bits per heavy atom. The number of nitrogens with one attached hydrogen (secondary N) is 1. The predicted molar refractivity (Wildman–Crippen MR) is 79.3 cm³/mol. The number of amides is 1. The summed E-state index contributed by atoms with van der Waals surface area (Å²) in [5, 5.41) is 3.41. The van der Waals surface area contributed by atoms with Gasteiger partial charge in [-0.05, 0) is 18.5 Å². The molecule has 1 heterocycles. The first-order valence-corrected chi connectivity index (χ1v) is 7.32. The van der Waals surface area contributed by atoms with Gasteiger partial charge in [0.2, 0.25) is 5.91 Å². The van der Waals surface area contributed by atoms with Crippen LogP contribution < -0.4 is 5.32 Å². The van der Waals surface area contributed by atoms with Crippen molar-refractivity contribution in [2.24, 2.45) is 5.92 Å². The topological polar surface area (TPSA) is 41.6 Å². The Morgan fingerprint density at radius 1 is 1.35 bits per heavy atom. The van der Waals surface area contributed by atoms with Crippen molar-refractivity contribution in [3.8, 4) is 0 Å². The fourth-order valence-corrected chi connectivity index (χ4v) is 2.55. The zero-order chi connectivity index (χ0) is 14.4. The highest BCUT2D eigenvalue weighted by Crippen LogP contribution is 2.17. The van der Waals surface area contributed by atoms with Crippen molar-refractivity contribution in [3.63, 3.8) is 0 Å². The van der Waals surface area contributed by atoms with Crippen molar-refractivity contribution in [2.45, 2.75) is 25.9 Å². The molecule has 2 unspecified atom stereocenters. The van der Waals surface area contributed by atoms with Crippen molar-refractivity contribution in [1.82, 2.24) is 10.2 Å². The first kappa shape index (κ1) is 15.0. The van der Waals surface area contributed by atoms with Crippen LogP contribution in [0.5, 0.6) is 0 Å². The van der Waals surface area contributed by atoms with Gasteiger partial charge in [0.05, 0.1) is 19.1 Å². The van der Waals surface area contributed by atoms with Crippen molar-refractivity contribution in [2.75, 3.05) is 26.8 Å². The minimum atomic E-state index is -0.0599. The summed E-state index contributed by atoms with van der Waals surface area (Å²) in [6.07, 6.45) is 1.07. The molecule has 4 nitrogen and oxygen atoms in total. The Kier molecular flexibility index (Phi) is 5.56. The first-order chi connectivity index (χ1) is 9.72. The van der Waals surface area contributed by atoms with Crippen LogP contribution in [0.3, 0.4) is 0 Å². The second-order valence-electron chi connectivity index (χ2n) is 5.38. The van der Waals surface area contributed by atoms with Gasteiger partial charge >= 0.3 is 0 Å². The van der Waals surface area contributed by atoms with E-state index in [1.54, 1.807) is 4.90 Å². The number of hydrogen-bond donors (Lipinski definition) is 1. The van der Waals surface area contributed by atoms with Crippen LogP contribution in [-0.4, -0.2) is 43.7 Å². The van der Waals surface area contributed by atoms with Crippen molar-refractivity contribution < 1.29 is 9.53 Å². The molecular weight excluding hydrogens is 252 g/mol. The molecule has 20 heavy (non-hydrogen) atoms. The molecular formula is C16H24N2O2. The van der Waals surface area contributed by atoms with E-state index in [4.69, 9.17) is 4.74 Å². The van der Waals surface area contributed by atoms with E-state index >= 15 is 0 Å². The number of benzene rings is 1. The number of hydrogen-bond acceptors (Lipinski definition) is 3. The van der Waals surface area contributed by atoms with Crippen LogP contribution in [0, 0.1) is 5.92 Å². The van der Waals surface area contributed by atoms with Crippen LogP contribution in [0.1, 0.15) is 18.9 Å². The molecule has 110 valence electrons. The van der Waals surface area contributed by atoms with Crippen LogP contribution in [0.4, 0.5) is 0 Å². The monoisotopic (exact) mass is 276 g/mol. The third-order valence-electron chi connectivity index (χ3n) is 3.69. The first-order valence-electron chi connectivity index (χ1n) is 7.32. The van der Waals surface area contributed by atoms with Crippen molar-refractivity contribution in [1.29, 1.82) is 0 Å². The third kappa shape index (κ3) is 3.81. The molecule has 1 aliphatic rings. The molecule has 1 amide bonds. The summed E-state index contributed by atoms with van der Waals surface area (Å²) in [6.45, 7) is 4.87. The van der Waals surface area contributed by atoms with E-state index in [-0.39, 0.29) is 17.9 Å². The number of carbonyl (C=O) groups excluding carboxylic acids is 1. The Hall–Kier alpha value is -1.39. The molecule has 4 heteroatoms. The van der Waals surface area contributed by atoms with Gasteiger partial charge in [0.15, 0.2) is 0 Å². The highest BCUT2D eigenvalue weighted by atomic mass is 16.5. The summed E-state index contributed by atoms with van der Waals surface area (Å²) in [5.74, 6) is 0.107. The molecule has 1 N–H and O–H groups in total. The van der Waals surface area contributed by atoms with Gasteiger partial charge in [0.1, 0.15) is 0 Å². The van der Waals surface area contributed by atoms with E-state index in [1.807, 2.05) is 37.4 Å². The van der Waals surface area contributed by atoms with Gasteiger partial charge in [0.25, 0.3) is 0 Å². The van der Waals surface area contributed by atoms with E-state index < -0.39 is 0 Å². The summed E-state index contributed by atoms with van der Waals surface area (Å²) in [7, 11) is 1.87. The van der Waals surface area contributed by atoms with Gasteiger partial charge in [-0.25, -0.2) is 0 Å². The predicted octanol–water partition coefficient (Wildman–Crippen LogP) is 1.66. The maximum absolute atomic E-state index is 12.5. The van der Waals surface area contributed by atoms with Gasteiger partial charge in [-0.15, -0.1) is 0 Å². The van der Waals surface area contributed by atoms with Gasteiger partial charge < -0.3 is 15.0 Å². The van der Waals surface area contributed by atoms with E-state index in [9.17, 15) is 4.79 Å². The van der Waals surface area contributed by atoms with E-state index in [2.05, 4.69) is 12.2 Å². The largest absolute Gasteiger partial charge is 0.379 e. The second kappa shape index (κ2) is 7.41. The van der Waals surface area contributed by atoms with Gasteiger partial charge in [-0.3, -0.25) is 4.79 Å². The van der Waals surface area contributed by atoms with Crippen LogP contribution in [0.25, 0.3) is 0 Å². The minimum absolute atomic E-state index is 0.0599. The standard InChI is InChI=1S/C16H24N2O2/c1-3-9-17-15-12-20-11-14(15)16(19)18(2)10-13-7-5-4-6-8-13/h4-8,14-15,17H,3,9-12H2,1-2H3. The number of ether oxygens (including phenoxy) is 1. The Bertz CT molecular complexity index is 422. The molecule has 1 saturated heterocycles. The molecule has 1 fully saturated rings. The molecule has 2 atom stereocenters. The lowest BCUT2D eigenvalue weighted by molar-refractivity contribution is -0.135. The zero-order valence-electron chi connectivity index (χ0n) is 12.3. The normalized spacial score (nSPS) is 21.9. The van der Waals surface area contributed by atoms with Crippen molar-refractivity contribution >= 4 is 5.91 Å². The molecule has 0 radical (unpaired) electrons. The summed E-state index contributed by atoms with van der Waals surface area (Å²) in [6, 6.07) is 10.2. The Labute approximate surface area is 121 Å². The molecule has 1 aromatic carbocycles. The fraction of sp³-hybridized carbons (Fsp3) is 0.562. The molecule has 1 aromatic rings. The maximum atomic E-state index is 12.5. The summed E-state index contributed by atoms with van der Waals surface area (Å²) < 4.78 is 5.48. The Balaban J connectivity index is 1.92. The van der Waals surface area contributed by atoms with Crippen LogP contribution >= 0.6 is 0 Å².